The Morgan fingerprint density at radius 2 is 1.03 bits per heavy atom. The summed E-state index contributed by atoms with van der Waals surface area (Å²) in [6, 6.07) is 0. The fraction of sp³-hybridized carbons (Fsp3) is 0.933. The molecule has 0 bridgehead atoms. The zero-order chi connectivity index (χ0) is 28.0. The van der Waals surface area contributed by atoms with Gasteiger partial charge in [0.15, 0.2) is 12.4 Å². The number of aliphatic hydroxyl groups is 3. The lowest BCUT2D eigenvalue weighted by Crippen LogP contribution is -2.60. The minimum Gasteiger partial charge on any atom is -0.463 e. The second-order valence-electron chi connectivity index (χ2n) is 10.8. The second kappa shape index (κ2) is 22.6. The topological polar surface area (TPSA) is 123 Å². The highest BCUT2D eigenvalue weighted by Gasteiger charge is 2.46. The van der Waals surface area contributed by atoms with Crippen molar-refractivity contribution in [2.24, 2.45) is 0 Å². The van der Waals surface area contributed by atoms with E-state index in [4.69, 9.17) is 14.2 Å². The third-order valence-electron chi connectivity index (χ3n) is 7.31. The van der Waals surface area contributed by atoms with Gasteiger partial charge in [-0.25, -0.2) is 0 Å². The molecule has 0 saturated carbocycles. The standard InChI is InChI=1S/C30H56O8/c1-3-5-7-9-11-13-15-17-19-21-25(31)36-23-24-27(33)28(34)29(30(35)37-24)38-26(32)22-20-18-16-14-12-10-8-6-4-2/h24,27-30,33-35H,3-23H2,1-2H3/t24-,27-,28+,29-,30?/m1/s1. The molecule has 1 unspecified atom stereocenters. The van der Waals surface area contributed by atoms with Crippen molar-refractivity contribution in [3.8, 4) is 0 Å². The van der Waals surface area contributed by atoms with Crippen LogP contribution >= 0.6 is 0 Å². The van der Waals surface area contributed by atoms with Crippen LogP contribution in [0.15, 0.2) is 0 Å². The van der Waals surface area contributed by atoms with Crippen molar-refractivity contribution in [3.05, 3.63) is 0 Å². The number of carbonyl (C=O) groups is 2. The number of hydrogen-bond acceptors (Lipinski definition) is 8. The van der Waals surface area contributed by atoms with E-state index in [9.17, 15) is 24.9 Å². The summed E-state index contributed by atoms with van der Waals surface area (Å²) in [4.78, 5) is 24.2. The normalized spacial score (nSPS) is 23.3. The molecule has 1 saturated heterocycles. The lowest BCUT2D eigenvalue weighted by Gasteiger charge is -2.39. The second-order valence-corrected chi connectivity index (χ2v) is 10.8. The van der Waals surface area contributed by atoms with Gasteiger partial charge in [0, 0.05) is 12.8 Å². The first-order chi connectivity index (χ1) is 18.4. The summed E-state index contributed by atoms with van der Waals surface area (Å²) in [6.45, 7) is 4.12. The molecule has 0 amide bonds. The Morgan fingerprint density at radius 3 is 1.50 bits per heavy atom. The number of esters is 2. The zero-order valence-electron chi connectivity index (χ0n) is 24.1. The fourth-order valence-corrected chi connectivity index (χ4v) is 4.80. The van der Waals surface area contributed by atoms with Gasteiger partial charge in [-0.05, 0) is 12.8 Å². The number of unbranched alkanes of at least 4 members (excludes halogenated alkanes) is 16. The van der Waals surface area contributed by atoms with Gasteiger partial charge in [-0.15, -0.1) is 0 Å². The molecule has 38 heavy (non-hydrogen) atoms. The number of rotatable bonds is 23. The van der Waals surface area contributed by atoms with Gasteiger partial charge < -0.3 is 29.5 Å². The predicted molar refractivity (Wildman–Crippen MR) is 147 cm³/mol. The molecule has 0 aromatic heterocycles. The minimum atomic E-state index is -1.61. The Labute approximate surface area is 230 Å². The Bertz CT molecular complexity index is 597. The predicted octanol–water partition coefficient (Wildman–Crippen LogP) is 5.72. The molecule has 1 heterocycles. The molecule has 8 nitrogen and oxygen atoms in total. The van der Waals surface area contributed by atoms with Gasteiger partial charge in [-0.2, -0.15) is 0 Å². The van der Waals surface area contributed by atoms with Crippen LogP contribution in [0.5, 0.6) is 0 Å². The summed E-state index contributed by atoms with van der Waals surface area (Å²) < 4.78 is 15.7. The molecule has 0 aliphatic carbocycles. The first-order valence-corrected chi connectivity index (χ1v) is 15.4. The highest BCUT2D eigenvalue weighted by molar-refractivity contribution is 5.69. The van der Waals surface area contributed by atoms with E-state index in [0.717, 1.165) is 38.5 Å². The van der Waals surface area contributed by atoms with Crippen molar-refractivity contribution in [3.63, 3.8) is 0 Å². The molecule has 5 atom stereocenters. The van der Waals surface area contributed by atoms with Crippen LogP contribution in [0.3, 0.4) is 0 Å². The molecule has 1 aliphatic rings. The van der Waals surface area contributed by atoms with E-state index < -0.39 is 42.6 Å². The molecule has 0 aromatic rings. The lowest BCUT2D eigenvalue weighted by atomic mass is 9.99. The number of ether oxygens (including phenoxy) is 3. The van der Waals surface area contributed by atoms with E-state index in [0.29, 0.717) is 6.42 Å². The van der Waals surface area contributed by atoms with Gasteiger partial charge in [-0.3, -0.25) is 9.59 Å². The Balaban J connectivity index is 2.17. The van der Waals surface area contributed by atoms with Gasteiger partial charge in [0.1, 0.15) is 24.9 Å². The molecular weight excluding hydrogens is 488 g/mol. The van der Waals surface area contributed by atoms with E-state index in [1.807, 2.05) is 0 Å². The third-order valence-corrected chi connectivity index (χ3v) is 7.31. The highest BCUT2D eigenvalue weighted by Crippen LogP contribution is 2.24. The maximum atomic E-state index is 12.2. The first kappa shape index (κ1) is 34.8. The van der Waals surface area contributed by atoms with E-state index >= 15 is 0 Å². The van der Waals surface area contributed by atoms with Gasteiger partial charge in [0.2, 0.25) is 0 Å². The van der Waals surface area contributed by atoms with Gasteiger partial charge >= 0.3 is 11.9 Å². The maximum Gasteiger partial charge on any atom is 0.306 e. The van der Waals surface area contributed by atoms with Crippen molar-refractivity contribution in [2.75, 3.05) is 6.61 Å². The van der Waals surface area contributed by atoms with E-state index in [-0.39, 0.29) is 19.4 Å². The molecule has 1 aliphatic heterocycles. The van der Waals surface area contributed by atoms with Crippen LogP contribution in [0.2, 0.25) is 0 Å². The van der Waals surface area contributed by atoms with Crippen LogP contribution in [0.4, 0.5) is 0 Å². The zero-order valence-corrected chi connectivity index (χ0v) is 24.1. The Kier molecular flexibility index (Phi) is 20.7. The summed E-state index contributed by atoms with van der Waals surface area (Å²) in [6.07, 6.45) is 13.8. The highest BCUT2D eigenvalue weighted by atomic mass is 16.7. The van der Waals surface area contributed by atoms with Crippen molar-refractivity contribution in [1.29, 1.82) is 0 Å². The smallest absolute Gasteiger partial charge is 0.306 e. The first-order valence-electron chi connectivity index (χ1n) is 15.4. The summed E-state index contributed by atoms with van der Waals surface area (Å²) >= 11 is 0. The van der Waals surface area contributed by atoms with Crippen LogP contribution in [0.1, 0.15) is 142 Å². The SMILES string of the molecule is CCCCCCCCCCCC(=O)OC[C@H]1OC(O)[C@H](OC(=O)CCCCCCCCCCC)[C@@H](O)[C@@H]1O. The van der Waals surface area contributed by atoms with Gasteiger partial charge in [-0.1, -0.05) is 117 Å². The monoisotopic (exact) mass is 544 g/mol. The van der Waals surface area contributed by atoms with E-state index in [2.05, 4.69) is 13.8 Å². The maximum absolute atomic E-state index is 12.2. The average Bonchev–Trinajstić information content (AvgIpc) is 2.90. The number of carbonyl (C=O) groups excluding carboxylic acids is 2. The molecule has 1 fully saturated rings. The molecule has 8 heteroatoms. The molecule has 1 rings (SSSR count). The van der Waals surface area contributed by atoms with Crippen molar-refractivity contribution < 1.29 is 39.1 Å². The van der Waals surface area contributed by atoms with Crippen molar-refractivity contribution in [2.45, 2.75) is 173 Å². The lowest BCUT2D eigenvalue weighted by molar-refractivity contribution is -0.291. The third kappa shape index (κ3) is 16.0. The van der Waals surface area contributed by atoms with E-state index in [1.54, 1.807) is 0 Å². The molecular formula is C30H56O8. The van der Waals surface area contributed by atoms with Gasteiger partial charge in [0.25, 0.3) is 0 Å². The largest absolute Gasteiger partial charge is 0.463 e. The van der Waals surface area contributed by atoms with Crippen LogP contribution in [-0.4, -0.2) is 64.6 Å². The van der Waals surface area contributed by atoms with Crippen LogP contribution in [0.25, 0.3) is 0 Å². The Morgan fingerprint density at radius 1 is 0.605 bits per heavy atom. The van der Waals surface area contributed by atoms with Gasteiger partial charge in [0.05, 0.1) is 0 Å². The quantitative estimate of drug-likeness (QED) is 0.110. The minimum absolute atomic E-state index is 0.182. The summed E-state index contributed by atoms with van der Waals surface area (Å²) in [5.74, 6) is -0.945. The molecule has 0 radical (unpaired) electrons. The van der Waals surface area contributed by atoms with Crippen LogP contribution < -0.4 is 0 Å². The van der Waals surface area contributed by atoms with Crippen LogP contribution in [-0.2, 0) is 23.8 Å². The van der Waals surface area contributed by atoms with Crippen molar-refractivity contribution >= 4 is 11.9 Å². The average molecular weight is 545 g/mol. The molecule has 3 N–H and O–H groups in total. The van der Waals surface area contributed by atoms with Crippen molar-refractivity contribution in [1.82, 2.24) is 0 Å². The Hall–Kier alpha value is -1.22. The number of aliphatic hydroxyl groups excluding tert-OH is 3. The molecule has 0 spiro atoms. The summed E-state index contributed by atoms with van der Waals surface area (Å²) in [5.41, 5.74) is 0. The van der Waals surface area contributed by atoms with Crippen LogP contribution in [0, 0.1) is 0 Å². The summed E-state index contributed by atoms with van der Waals surface area (Å²) in [7, 11) is 0. The molecule has 0 aromatic carbocycles. The summed E-state index contributed by atoms with van der Waals surface area (Å²) in [5, 5.41) is 31.0. The number of hydrogen-bond donors (Lipinski definition) is 3. The van der Waals surface area contributed by atoms with E-state index in [1.165, 1.54) is 70.6 Å². The fourth-order valence-electron chi connectivity index (χ4n) is 4.80. The molecule has 224 valence electrons.